The fraction of sp³-hybridized carbons (Fsp3) is 0.400. The molecule has 1 aliphatic heterocycles. The normalized spacial score (nSPS) is 21.0. The molecule has 2 atom stereocenters. The first kappa shape index (κ1) is 15.7. The molecule has 0 spiro atoms. The Hall–Kier alpha value is -2.19. The van der Waals surface area contributed by atoms with Gasteiger partial charge in [-0.1, -0.05) is 0 Å². The van der Waals surface area contributed by atoms with Crippen LogP contribution < -0.4 is 10.9 Å². The van der Waals surface area contributed by atoms with Crippen molar-refractivity contribution < 1.29 is 18.7 Å². The zero-order valence-corrected chi connectivity index (χ0v) is 12.1. The van der Waals surface area contributed by atoms with Crippen LogP contribution in [0.3, 0.4) is 0 Å². The summed E-state index contributed by atoms with van der Waals surface area (Å²) in [4.78, 5) is 28.2. The van der Waals surface area contributed by atoms with E-state index in [-0.39, 0.29) is 30.3 Å². The molecule has 122 valence electrons. The number of aromatic nitrogens is 2. The van der Waals surface area contributed by atoms with Crippen LogP contribution in [0.4, 0.5) is 8.78 Å². The third-order valence-electron chi connectivity index (χ3n) is 3.99. The molecule has 1 saturated heterocycles. The van der Waals surface area contributed by atoms with Crippen LogP contribution in [0.1, 0.15) is 12.8 Å². The Balaban J connectivity index is 1.86. The van der Waals surface area contributed by atoms with Crippen LogP contribution in [0.25, 0.3) is 10.9 Å². The van der Waals surface area contributed by atoms with Crippen molar-refractivity contribution >= 4 is 16.7 Å². The topological polar surface area (TPSA) is 84.2 Å². The number of aliphatic hydroxyl groups excluding tert-OH is 1. The van der Waals surface area contributed by atoms with Gasteiger partial charge in [0.2, 0.25) is 0 Å². The van der Waals surface area contributed by atoms with Crippen LogP contribution in [0.5, 0.6) is 0 Å². The van der Waals surface area contributed by atoms with Crippen molar-refractivity contribution in [3.05, 3.63) is 40.4 Å². The van der Waals surface area contributed by atoms with E-state index < -0.39 is 28.7 Å². The molecule has 6 nitrogen and oxygen atoms in total. The lowest BCUT2D eigenvalue weighted by atomic mass is 10.1. The summed E-state index contributed by atoms with van der Waals surface area (Å²) in [5.41, 5.74) is -0.772. The number of aliphatic hydroxyl groups is 1. The highest BCUT2D eigenvalue weighted by molar-refractivity contribution is 5.81. The van der Waals surface area contributed by atoms with Crippen molar-refractivity contribution in [2.45, 2.75) is 31.5 Å². The largest absolute Gasteiger partial charge is 0.391 e. The maximum atomic E-state index is 13.8. The van der Waals surface area contributed by atoms with Crippen LogP contribution in [0.15, 0.2) is 23.3 Å². The van der Waals surface area contributed by atoms with Gasteiger partial charge in [-0.15, -0.1) is 0 Å². The standard InChI is InChI=1S/C15H15F2N3O3/c16-9-1-2-10-13(14(9)17)15(23)20(7-19-10)6-8(21)5-11-12(22)3-4-18-11/h1-2,7,11-12,18,22H,3-6H2/t11-,12+/m1/s1. The molecule has 2 N–H and O–H groups in total. The number of hydrogen-bond acceptors (Lipinski definition) is 5. The van der Waals surface area contributed by atoms with Crippen LogP contribution in [-0.4, -0.2) is 39.1 Å². The summed E-state index contributed by atoms with van der Waals surface area (Å²) >= 11 is 0. The van der Waals surface area contributed by atoms with E-state index >= 15 is 0 Å². The van der Waals surface area contributed by atoms with E-state index in [9.17, 15) is 23.5 Å². The van der Waals surface area contributed by atoms with E-state index in [2.05, 4.69) is 10.3 Å². The number of carbonyl (C=O) groups is 1. The Morgan fingerprint density at radius 2 is 2.22 bits per heavy atom. The van der Waals surface area contributed by atoms with Gasteiger partial charge in [0, 0.05) is 12.5 Å². The van der Waals surface area contributed by atoms with Crippen molar-refractivity contribution in [2.24, 2.45) is 0 Å². The molecule has 1 fully saturated rings. The number of Topliss-reactive ketones (excluding diaryl/α,β-unsaturated/α-hetero) is 1. The number of hydrogen-bond donors (Lipinski definition) is 2. The minimum Gasteiger partial charge on any atom is -0.391 e. The molecule has 0 bridgehead atoms. The van der Waals surface area contributed by atoms with Crippen LogP contribution in [0, 0.1) is 11.6 Å². The zero-order valence-electron chi connectivity index (χ0n) is 12.1. The number of carbonyl (C=O) groups excluding carboxylic acids is 1. The Morgan fingerprint density at radius 3 is 2.91 bits per heavy atom. The molecule has 8 heteroatoms. The second kappa shape index (κ2) is 6.13. The van der Waals surface area contributed by atoms with E-state index in [0.29, 0.717) is 13.0 Å². The maximum absolute atomic E-state index is 13.8. The number of ketones is 1. The Bertz CT molecular complexity index is 821. The summed E-state index contributed by atoms with van der Waals surface area (Å²) < 4.78 is 28.0. The van der Waals surface area contributed by atoms with Gasteiger partial charge in [0.05, 0.1) is 24.5 Å². The van der Waals surface area contributed by atoms with Crippen molar-refractivity contribution in [3.63, 3.8) is 0 Å². The summed E-state index contributed by atoms with van der Waals surface area (Å²) in [6, 6.07) is 1.76. The second-order valence-electron chi connectivity index (χ2n) is 5.59. The predicted octanol–water partition coefficient (Wildman–Crippen LogP) is 0.357. The molecular weight excluding hydrogens is 308 g/mol. The predicted molar refractivity (Wildman–Crippen MR) is 78.0 cm³/mol. The number of benzene rings is 1. The Morgan fingerprint density at radius 1 is 1.43 bits per heavy atom. The van der Waals surface area contributed by atoms with Crippen LogP contribution in [-0.2, 0) is 11.3 Å². The molecule has 1 aromatic heterocycles. The van der Waals surface area contributed by atoms with E-state index in [0.717, 1.165) is 17.0 Å². The van der Waals surface area contributed by atoms with Gasteiger partial charge >= 0.3 is 0 Å². The van der Waals surface area contributed by atoms with Gasteiger partial charge in [0.1, 0.15) is 5.39 Å². The van der Waals surface area contributed by atoms with Crippen molar-refractivity contribution in [2.75, 3.05) is 6.54 Å². The fourth-order valence-electron chi connectivity index (χ4n) is 2.75. The zero-order chi connectivity index (χ0) is 16.6. The van der Waals surface area contributed by atoms with Gasteiger partial charge in [0.25, 0.3) is 5.56 Å². The molecule has 0 unspecified atom stereocenters. The fourth-order valence-corrected chi connectivity index (χ4v) is 2.75. The van der Waals surface area contributed by atoms with Crippen molar-refractivity contribution in [1.29, 1.82) is 0 Å². The van der Waals surface area contributed by atoms with Gasteiger partial charge in [0.15, 0.2) is 17.4 Å². The highest BCUT2D eigenvalue weighted by Gasteiger charge is 2.27. The van der Waals surface area contributed by atoms with E-state index in [1.807, 2.05) is 0 Å². The lowest BCUT2D eigenvalue weighted by Crippen LogP contribution is -2.35. The number of halogens is 2. The molecule has 23 heavy (non-hydrogen) atoms. The molecule has 2 aromatic rings. The first-order valence-electron chi connectivity index (χ1n) is 7.23. The Labute approximate surface area is 129 Å². The minimum absolute atomic E-state index is 0.0329. The molecule has 0 amide bonds. The summed E-state index contributed by atoms with van der Waals surface area (Å²) in [6.45, 7) is 0.323. The Kier molecular flexibility index (Phi) is 4.18. The summed E-state index contributed by atoms with van der Waals surface area (Å²) in [6.07, 6.45) is 1.16. The highest BCUT2D eigenvalue weighted by atomic mass is 19.2. The number of rotatable bonds is 4. The first-order valence-corrected chi connectivity index (χ1v) is 7.23. The number of fused-ring (bicyclic) bond motifs is 1. The lowest BCUT2D eigenvalue weighted by Gasteiger charge is -2.14. The van der Waals surface area contributed by atoms with Gasteiger partial charge in [-0.2, -0.15) is 0 Å². The third-order valence-corrected chi connectivity index (χ3v) is 3.99. The highest BCUT2D eigenvalue weighted by Crippen LogP contribution is 2.15. The maximum Gasteiger partial charge on any atom is 0.264 e. The van der Waals surface area contributed by atoms with E-state index in [4.69, 9.17) is 0 Å². The molecule has 3 rings (SSSR count). The molecule has 1 aliphatic rings. The molecular formula is C15H15F2N3O3. The van der Waals surface area contributed by atoms with Crippen LogP contribution in [0.2, 0.25) is 0 Å². The number of nitrogens with zero attached hydrogens (tertiary/aromatic N) is 2. The SMILES string of the molecule is O=C(C[C@H]1NCC[C@@H]1O)Cn1cnc2ccc(F)c(F)c2c1=O. The van der Waals surface area contributed by atoms with Gasteiger partial charge < -0.3 is 10.4 Å². The third kappa shape index (κ3) is 2.99. The second-order valence-corrected chi connectivity index (χ2v) is 5.59. The molecule has 2 heterocycles. The van der Waals surface area contributed by atoms with Gasteiger partial charge in [-0.05, 0) is 25.1 Å². The minimum atomic E-state index is -1.27. The lowest BCUT2D eigenvalue weighted by molar-refractivity contribution is -0.120. The van der Waals surface area contributed by atoms with Gasteiger partial charge in [-0.25, -0.2) is 13.8 Å². The molecule has 0 saturated carbocycles. The number of nitrogens with one attached hydrogen (secondary N) is 1. The average molecular weight is 323 g/mol. The summed E-state index contributed by atoms with van der Waals surface area (Å²) in [7, 11) is 0. The quantitative estimate of drug-likeness (QED) is 0.848. The molecule has 0 aliphatic carbocycles. The van der Waals surface area contributed by atoms with E-state index in [1.54, 1.807) is 0 Å². The van der Waals surface area contributed by atoms with Crippen LogP contribution >= 0.6 is 0 Å². The average Bonchev–Trinajstić information content (AvgIpc) is 2.91. The van der Waals surface area contributed by atoms with Gasteiger partial charge in [-0.3, -0.25) is 14.2 Å². The molecule has 0 radical (unpaired) electrons. The summed E-state index contributed by atoms with van der Waals surface area (Å²) in [5.74, 6) is -2.71. The summed E-state index contributed by atoms with van der Waals surface area (Å²) in [5, 5.41) is 12.2. The first-order chi connectivity index (χ1) is 11.0. The van der Waals surface area contributed by atoms with Crippen molar-refractivity contribution in [1.82, 2.24) is 14.9 Å². The molecule has 1 aromatic carbocycles. The van der Waals surface area contributed by atoms with Crippen molar-refractivity contribution in [3.8, 4) is 0 Å². The van der Waals surface area contributed by atoms with E-state index in [1.165, 1.54) is 6.07 Å². The smallest absolute Gasteiger partial charge is 0.264 e. The monoisotopic (exact) mass is 323 g/mol.